The number of anilines is 2. The van der Waals surface area contributed by atoms with Gasteiger partial charge >= 0.3 is 12.4 Å². The zero-order valence-corrected chi connectivity index (χ0v) is 13.1. The molecule has 0 saturated carbocycles. The van der Waals surface area contributed by atoms with E-state index in [1.54, 1.807) is 0 Å². The molecule has 134 valence electrons. The van der Waals surface area contributed by atoms with Gasteiger partial charge in [-0.05, 0) is 18.2 Å². The predicted octanol–water partition coefficient (Wildman–Crippen LogP) is 4.51. The van der Waals surface area contributed by atoms with Crippen LogP contribution < -0.4 is 15.4 Å². The Hall–Kier alpha value is -2.52. The van der Waals surface area contributed by atoms with Gasteiger partial charge in [0.15, 0.2) is 0 Å². The summed E-state index contributed by atoms with van der Waals surface area (Å²) < 4.78 is 53.6. The van der Waals surface area contributed by atoms with Crippen LogP contribution in [0.1, 0.15) is 5.56 Å². The van der Waals surface area contributed by atoms with Gasteiger partial charge in [-0.2, -0.15) is 0 Å². The number of carbonyl (C=O) groups is 1. The lowest BCUT2D eigenvalue weighted by Crippen LogP contribution is -2.21. The predicted molar refractivity (Wildman–Crippen MR) is 83.1 cm³/mol. The van der Waals surface area contributed by atoms with Crippen LogP contribution in [0.25, 0.3) is 0 Å². The maximum atomic E-state index is 13.4. The minimum Gasteiger partial charge on any atom is -0.406 e. The van der Waals surface area contributed by atoms with E-state index in [-0.39, 0.29) is 22.0 Å². The van der Waals surface area contributed by atoms with E-state index >= 15 is 0 Å². The zero-order valence-electron chi connectivity index (χ0n) is 12.3. The maximum absolute atomic E-state index is 13.4. The van der Waals surface area contributed by atoms with Crippen LogP contribution in [0.2, 0.25) is 5.02 Å². The van der Waals surface area contributed by atoms with E-state index < -0.39 is 30.6 Å². The van der Waals surface area contributed by atoms with Gasteiger partial charge in [0.1, 0.15) is 11.6 Å². The fourth-order valence-electron chi connectivity index (χ4n) is 1.95. The molecule has 3 N–H and O–H groups in total. The molecule has 5 nitrogen and oxygen atoms in total. The van der Waals surface area contributed by atoms with Gasteiger partial charge in [0.05, 0.1) is 6.61 Å². The molecular formula is C15H11ClF4N2O3. The lowest BCUT2D eigenvalue weighted by Gasteiger charge is -2.13. The van der Waals surface area contributed by atoms with Gasteiger partial charge in [0.2, 0.25) is 0 Å². The second kappa shape index (κ2) is 7.58. The molecule has 25 heavy (non-hydrogen) atoms. The summed E-state index contributed by atoms with van der Waals surface area (Å²) >= 11 is 5.87. The second-order valence-corrected chi connectivity index (χ2v) is 5.13. The lowest BCUT2D eigenvalue weighted by atomic mass is 10.2. The molecule has 10 heteroatoms. The van der Waals surface area contributed by atoms with Crippen molar-refractivity contribution >= 4 is 29.0 Å². The van der Waals surface area contributed by atoms with Crippen molar-refractivity contribution in [1.82, 2.24) is 0 Å². The first kappa shape index (κ1) is 18.8. The van der Waals surface area contributed by atoms with Crippen LogP contribution in [0.5, 0.6) is 5.75 Å². The summed E-state index contributed by atoms with van der Waals surface area (Å²) in [6, 6.07) is 5.76. The summed E-state index contributed by atoms with van der Waals surface area (Å²) in [6.45, 7) is -0.446. The molecule has 2 aromatic rings. The maximum Gasteiger partial charge on any atom is 0.573 e. The first-order valence-electron chi connectivity index (χ1n) is 6.70. The summed E-state index contributed by atoms with van der Waals surface area (Å²) in [7, 11) is 0. The Bertz CT molecular complexity index is 784. The molecule has 0 atom stereocenters. The van der Waals surface area contributed by atoms with Gasteiger partial charge in [-0.1, -0.05) is 17.7 Å². The molecule has 0 aromatic heterocycles. The van der Waals surface area contributed by atoms with Crippen molar-refractivity contribution in [3.05, 3.63) is 52.8 Å². The summed E-state index contributed by atoms with van der Waals surface area (Å²) in [4.78, 5) is 11.9. The van der Waals surface area contributed by atoms with E-state index in [9.17, 15) is 27.5 Å². The fraction of sp³-hybridized carbons (Fsp3) is 0.133. The zero-order chi connectivity index (χ0) is 18.6. The standard InChI is InChI=1S/C15H11ClF4N2O3/c16-12-2-1-3-13(11(12)7-23)22-14(24)21-9-4-8(17)5-10(6-9)25-15(18,19)20/h1-6,23H,7H2,(H2,21,22,24). The molecular weight excluding hydrogens is 368 g/mol. The number of ether oxygens (including phenoxy) is 1. The quantitative estimate of drug-likeness (QED) is 0.685. The van der Waals surface area contributed by atoms with Gasteiger partial charge in [0, 0.05) is 34.1 Å². The lowest BCUT2D eigenvalue weighted by molar-refractivity contribution is -0.274. The molecule has 0 saturated heterocycles. The molecule has 0 radical (unpaired) electrons. The number of hydrogen-bond acceptors (Lipinski definition) is 3. The summed E-state index contributed by atoms with van der Waals surface area (Å²) in [5.41, 5.74) is 0.180. The minimum absolute atomic E-state index is 0.190. The minimum atomic E-state index is -5.00. The fourth-order valence-corrected chi connectivity index (χ4v) is 2.18. The molecule has 0 fully saturated rings. The van der Waals surface area contributed by atoms with Crippen LogP contribution in [-0.2, 0) is 6.61 Å². The van der Waals surface area contributed by atoms with Crippen LogP contribution in [0.4, 0.5) is 33.7 Å². The van der Waals surface area contributed by atoms with Crippen molar-refractivity contribution in [3.63, 3.8) is 0 Å². The molecule has 0 aliphatic rings. The molecule has 0 unspecified atom stereocenters. The molecule has 2 amide bonds. The van der Waals surface area contributed by atoms with Crippen LogP contribution in [-0.4, -0.2) is 17.5 Å². The molecule has 0 aliphatic heterocycles. The van der Waals surface area contributed by atoms with Crippen LogP contribution in [0, 0.1) is 5.82 Å². The Balaban J connectivity index is 2.14. The van der Waals surface area contributed by atoms with Gasteiger partial charge in [-0.3, -0.25) is 0 Å². The number of amides is 2. The van der Waals surface area contributed by atoms with Gasteiger partial charge < -0.3 is 20.5 Å². The number of alkyl halides is 3. The third kappa shape index (κ3) is 5.50. The van der Waals surface area contributed by atoms with Crippen molar-refractivity contribution in [1.29, 1.82) is 0 Å². The summed E-state index contributed by atoms with van der Waals surface area (Å²) in [5.74, 6) is -1.85. The first-order valence-corrected chi connectivity index (χ1v) is 7.08. The number of benzene rings is 2. The van der Waals surface area contributed by atoms with Gasteiger partial charge in [-0.25, -0.2) is 9.18 Å². The number of carbonyl (C=O) groups excluding carboxylic acids is 1. The smallest absolute Gasteiger partial charge is 0.406 e. The Labute approximate surface area is 144 Å². The van der Waals surface area contributed by atoms with E-state index in [0.29, 0.717) is 6.07 Å². The highest BCUT2D eigenvalue weighted by Gasteiger charge is 2.31. The van der Waals surface area contributed by atoms with Crippen LogP contribution >= 0.6 is 11.6 Å². The molecule has 2 aromatic carbocycles. The van der Waals surface area contributed by atoms with Crippen molar-refractivity contribution < 1.29 is 32.2 Å². The van der Waals surface area contributed by atoms with E-state index in [2.05, 4.69) is 15.4 Å². The number of halogens is 5. The molecule has 2 rings (SSSR count). The highest BCUT2D eigenvalue weighted by atomic mass is 35.5. The van der Waals surface area contributed by atoms with E-state index in [1.807, 2.05) is 0 Å². The number of aliphatic hydroxyl groups excluding tert-OH is 1. The van der Waals surface area contributed by atoms with E-state index in [1.165, 1.54) is 18.2 Å². The van der Waals surface area contributed by atoms with E-state index in [0.717, 1.165) is 12.1 Å². The van der Waals surface area contributed by atoms with Crippen molar-refractivity contribution in [3.8, 4) is 5.75 Å². The summed E-state index contributed by atoms with van der Waals surface area (Å²) in [6.07, 6.45) is -5.00. The monoisotopic (exact) mass is 378 g/mol. The van der Waals surface area contributed by atoms with Gasteiger partial charge in [-0.15, -0.1) is 13.2 Å². The number of urea groups is 1. The Morgan fingerprint density at radius 2 is 1.92 bits per heavy atom. The normalized spacial score (nSPS) is 11.1. The largest absolute Gasteiger partial charge is 0.573 e. The number of rotatable bonds is 4. The molecule has 0 spiro atoms. The van der Waals surface area contributed by atoms with Crippen molar-refractivity contribution in [2.45, 2.75) is 13.0 Å². The van der Waals surface area contributed by atoms with Crippen LogP contribution in [0.15, 0.2) is 36.4 Å². The highest BCUT2D eigenvalue weighted by Crippen LogP contribution is 2.27. The average Bonchev–Trinajstić information content (AvgIpc) is 2.44. The number of hydrogen-bond donors (Lipinski definition) is 3. The molecule has 0 bridgehead atoms. The summed E-state index contributed by atoms with van der Waals surface area (Å²) in [5, 5.41) is 14.0. The third-order valence-electron chi connectivity index (χ3n) is 2.89. The van der Waals surface area contributed by atoms with Crippen molar-refractivity contribution in [2.75, 3.05) is 10.6 Å². The van der Waals surface area contributed by atoms with Gasteiger partial charge in [0.25, 0.3) is 0 Å². The highest BCUT2D eigenvalue weighted by molar-refractivity contribution is 6.31. The Morgan fingerprint density at radius 3 is 2.56 bits per heavy atom. The topological polar surface area (TPSA) is 70.6 Å². The molecule has 0 aliphatic carbocycles. The second-order valence-electron chi connectivity index (χ2n) is 4.73. The Morgan fingerprint density at radius 1 is 1.20 bits per heavy atom. The average molecular weight is 379 g/mol. The van der Waals surface area contributed by atoms with Crippen molar-refractivity contribution in [2.24, 2.45) is 0 Å². The van der Waals surface area contributed by atoms with Crippen LogP contribution in [0.3, 0.4) is 0 Å². The van der Waals surface area contributed by atoms with E-state index in [4.69, 9.17) is 11.6 Å². The Kier molecular flexibility index (Phi) is 5.70. The number of aliphatic hydroxyl groups is 1. The number of nitrogens with one attached hydrogen (secondary N) is 2. The first-order chi connectivity index (χ1) is 11.7. The third-order valence-corrected chi connectivity index (χ3v) is 3.24. The SMILES string of the molecule is O=C(Nc1cc(F)cc(OC(F)(F)F)c1)Nc1cccc(Cl)c1CO. The molecule has 0 heterocycles.